The normalized spacial score (nSPS) is 10.8. The summed E-state index contributed by atoms with van der Waals surface area (Å²) in [5.41, 5.74) is 3.67. The van der Waals surface area contributed by atoms with Crippen LogP contribution in [-0.2, 0) is 17.8 Å². The molecule has 0 amide bonds. The number of benzene rings is 3. The second-order valence-electron chi connectivity index (χ2n) is 6.65. The number of esters is 1. The molecule has 0 atom stereocenters. The van der Waals surface area contributed by atoms with Gasteiger partial charge in [0.25, 0.3) is 0 Å². The van der Waals surface area contributed by atoms with Gasteiger partial charge in [-0.2, -0.15) is 0 Å². The van der Waals surface area contributed by atoms with Crippen molar-refractivity contribution in [3.8, 4) is 0 Å². The number of anilines is 1. The van der Waals surface area contributed by atoms with Gasteiger partial charge in [0.1, 0.15) is 4.88 Å². The van der Waals surface area contributed by atoms with Crippen molar-refractivity contribution >= 4 is 33.1 Å². The molecule has 0 saturated heterocycles. The average Bonchev–Trinajstić information content (AvgIpc) is 3.17. The summed E-state index contributed by atoms with van der Waals surface area (Å²) >= 11 is 1.47. The van der Waals surface area contributed by atoms with Crippen molar-refractivity contribution in [2.45, 2.75) is 13.1 Å². The van der Waals surface area contributed by atoms with Gasteiger partial charge in [0, 0.05) is 23.5 Å². The maximum Gasteiger partial charge on any atom is 0.348 e. The number of rotatable bonds is 6. The van der Waals surface area contributed by atoms with Gasteiger partial charge in [-0.3, -0.25) is 0 Å². The van der Waals surface area contributed by atoms with Gasteiger partial charge < -0.3 is 9.64 Å². The Morgan fingerprint density at radius 3 is 2.04 bits per heavy atom. The summed E-state index contributed by atoms with van der Waals surface area (Å²) in [6, 6.07) is 29.2. The van der Waals surface area contributed by atoms with Crippen molar-refractivity contribution in [1.82, 2.24) is 0 Å². The zero-order valence-corrected chi connectivity index (χ0v) is 16.5. The molecule has 0 aliphatic heterocycles. The van der Waals surface area contributed by atoms with E-state index in [1.807, 2.05) is 18.2 Å². The molecule has 0 bridgehead atoms. The minimum Gasteiger partial charge on any atom is -0.465 e. The highest BCUT2D eigenvalue weighted by Gasteiger charge is 2.13. The lowest BCUT2D eigenvalue weighted by Crippen LogP contribution is -2.21. The molecule has 4 aromatic rings. The fourth-order valence-corrected chi connectivity index (χ4v) is 4.28. The zero-order chi connectivity index (χ0) is 19.3. The maximum absolute atomic E-state index is 11.9. The summed E-state index contributed by atoms with van der Waals surface area (Å²) in [5.74, 6) is -0.284. The smallest absolute Gasteiger partial charge is 0.348 e. The van der Waals surface area contributed by atoms with Crippen LogP contribution >= 0.6 is 11.3 Å². The number of carbonyl (C=O) groups excluding carboxylic acids is 1. The largest absolute Gasteiger partial charge is 0.465 e. The van der Waals surface area contributed by atoms with Crippen molar-refractivity contribution < 1.29 is 9.53 Å². The van der Waals surface area contributed by atoms with Crippen molar-refractivity contribution in [2.24, 2.45) is 0 Å². The van der Waals surface area contributed by atoms with E-state index in [4.69, 9.17) is 4.74 Å². The van der Waals surface area contributed by atoms with Gasteiger partial charge in [-0.25, -0.2) is 4.79 Å². The number of methoxy groups -OCH3 is 1. The van der Waals surface area contributed by atoms with E-state index in [-0.39, 0.29) is 5.97 Å². The number of hydrogen-bond donors (Lipinski definition) is 0. The van der Waals surface area contributed by atoms with E-state index in [9.17, 15) is 4.79 Å². The molecule has 0 radical (unpaired) electrons. The quantitative estimate of drug-likeness (QED) is 0.386. The molecule has 0 saturated carbocycles. The van der Waals surface area contributed by atoms with Crippen LogP contribution < -0.4 is 4.90 Å². The summed E-state index contributed by atoms with van der Waals surface area (Å²) < 4.78 is 5.95. The Morgan fingerprint density at radius 2 is 1.46 bits per heavy atom. The van der Waals surface area contributed by atoms with Crippen molar-refractivity contribution in [3.05, 3.63) is 101 Å². The second kappa shape index (κ2) is 8.28. The SMILES string of the molecule is COC(=O)c1cc2ccc(N(Cc3ccccc3)Cc3ccccc3)cc2s1. The molecular weight excluding hydrogens is 366 g/mol. The number of fused-ring (bicyclic) bond motifs is 1. The maximum atomic E-state index is 11.9. The fraction of sp³-hybridized carbons (Fsp3) is 0.125. The molecule has 1 aromatic heterocycles. The first-order chi connectivity index (χ1) is 13.7. The third kappa shape index (κ3) is 4.07. The van der Waals surface area contributed by atoms with E-state index in [1.165, 1.54) is 29.6 Å². The molecule has 0 aliphatic carbocycles. The topological polar surface area (TPSA) is 29.5 Å². The van der Waals surface area contributed by atoms with Crippen molar-refractivity contribution in [3.63, 3.8) is 0 Å². The monoisotopic (exact) mass is 387 g/mol. The molecule has 140 valence electrons. The summed E-state index contributed by atoms with van der Waals surface area (Å²) in [6.45, 7) is 1.63. The zero-order valence-electron chi connectivity index (χ0n) is 15.7. The number of ether oxygens (including phenoxy) is 1. The lowest BCUT2D eigenvalue weighted by atomic mass is 10.1. The average molecular weight is 388 g/mol. The molecule has 4 rings (SSSR count). The first kappa shape index (κ1) is 18.3. The Balaban J connectivity index is 1.69. The molecule has 3 nitrogen and oxygen atoms in total. The van der Waals surface area contributed by atoms with E-state index >= 15 is 0 Å². The molecule has 28 heavy (non-hydrogen) atoms. The molecule has 0 aliphatic rings. The first-order valence-corrected chi connectivity index (χ1v) is 9.99. The van der Waals surface area contributed by atoms with E-state index in [0.717, 1.165) is 28.9 Å². The Bertz CT molecular complexity index is 1030. The Morgan fingerprint density at radius 1 is 0.857 bits per heavy atom. The lowest BCUT2D eigenvalue weighted by Gasteiger charge is -2.25. The molecule has 1 heterocycles. The van der Waals surface area contributed by atoms with Crippen molar-refractivity contribution in [1.29, 1.82) is 0 Å². The summed E-state index contributed by atoms with van der Waals surface area (Å²) in [5, 5.41) is 1.06. The molecular formula is C24H21NO2S. The molecule has 4 heteroatoms. The van der Waals surface area contributed by atoms with Gasteiger partial charge in [0.05, 0.1) is 7.11 Å². The van der Waals surface area contributed by atoms with Gasteiger partial charge in [0.2, 0.25) is 0 Å². The van der Waals surface area contributed by atoms with Gasteiger partial charge in [-0.1, -0.05) is 66.7 Å². The Kier molecular flexibility index (Phi) is 5.40. The molecule has 0 fully saturated rings. The van der Waals surface area contributed by atoms with Crippen LogP contribution in [0, 0.1) is 0 Å². The fourth-order valence-electron chi connectivity index (χ4n) is 3.26. The van der Waals surface area contributed by atoms with Crippen LogP contribution in [-0.4, -0.2) is 13.1 Å². The third-order valence-electron chi connectivity index (χ3n) is 4.69. The summed E-state index contributed by atoms with van der Waals surface area (Å²) in [6.07, 6.45) is 0. The van der Waals surface area contributed by atoms with Crippen LogP contribution in [0.3, 0.4) is 0 Å². The van der Waals surface area contributed by atoms with Crippen molar-refractivity contribution in [2.75, 3.05) is 12.0 Å². The van der Waals surface area contributed by atoms with Gasteiger partial charge in [0.15, 0.2) is 0 Å². The predicted molar refractivity (Wildman–Crippen MR) is 116 cm³/mol. The Hall–Kier alpha value is -3.11. The number of nitrogens with zero attached hydrogens (tertiary/aromatic N) is 1. The van der Waals surface area contributed by atoms with Crippen LogP contribution in [0.1, 0.15) is 20.8 Å². The number of carbonyl (C=O) groups is 1. The van der Waals surface area contributed by atoms with Crippen LogP contribution in [0.25, 0.3) is 10.1 Å². The van der Waals surface area contributed by atoms with E-state index in [2.05, 4.69) is 71.6 Å². The lowest BCUT2D eigenvalue weighted by molar-refractivity contribution is 0.0606. The van der Waals surface area contributed by atoms with E-state index in [1.54, 1.807) is 0 Å². The number of hydrogen-bond acceptors (Lipinski definition) is 4. The minimum atomic E-state index is -0.284. The minimum absolute atomic E-state index is 0.284. The van der Waals surface area contributed by atoms with Crippen LogP contribution in [0.5, 0.6) is 0 Å². The highest BCUT2D eigenvalue weighted by molar-refractivity contribution is 7.20. The van der Waals surface area contributed by atoms with Crippen LogP contribution in [0.15, 0.2) is 84.9 Å². The highest BCUT2D eigenvalue weighted by Crippen LogP contribution is 2.31. The van der Waals surface area contributed by atoms with E-state index < -0.39 is 0 Å². The second-order valence-corrected chi connectivity index (χ2v) is 7.74. The third-order valence-corrected chi connectivity index (χ3v) is 5.77. The van der Waals surface area contributed by atoms with Gasteiger partial charge >= 0.3 is 5.97 Å². The first-order valence-electron chi connectivity index (χ1n) is 9.17. The standard InChI is InChI=1S/C24H21NO2S/c1-27-24(26)23-14-20-12-13-21(15-22(20)28-23)25(16-18-8-4-2-5-9-18)17-19-10-6-3-7-11-19/h2-15H,16-17H2,1H3. The molecule has 0 spiro atoms. The molecule has 3 aromatic carbocycles. The van der Waals surface area contributed by atoms with Gasteiger partial charge in [-0.15, -0.1) is 11.3 Å². The summed E-state index contributed by atoms with van der Waals surface area (Å²) in [4.78, 5) is 14.9. The van der Waals surface area contributed by atoms with Crippen LogP contribution in [0.4, 0.5) is 5.69 Å². The van der Waals surface area contributed by atoms with Gasteiger partial charge in [-0.05, 0) is 34.7 Å². The number of thiophene rings is 1. The highest BCUT2D eigenvalue weighted by atomic mass is 32.1. The van der Waals surface area contributed by atoms with Crippen LogP contribution in [0.2, 0.25) is 0 Å². The van der Waals surface area contributed by atoms with E-state index in [0.29, 0.717) is 4.88 Å². The molecule has 0 unspecified atom stereocenters. The Labute approximate surface area is 168 Å². The molecule has 0 N–H and O–H groups in total. The predicted octanol–water partition coefficient (Wildman–Crippen LogP) is 5.89. The summed E-state index contributed by atoms with van der Waals surface area (Å²) in [7, 11) is 1.42.